The van der Waals surface area contributed by atoms with Gasteiger partial charge in [-0.1, -0.05) is 18.2 Å². The van der Waals surface area contributed by atoms with Crippen LogP contribution >= 0.6 is 19.5 Å². The molecule has 1 aromatic carbocycles. The molecule has 20 heteroatoms. The van der Waals surface area contributed by atoms with Crippen molar-refractivity contribution in [2.75, 3.05) is 11.5 Å². The number of aromatic nitrogens is 2. The monoisotopic (exact) mass is 842 g/mol. The zero-order chi connectivity index (χ0) is 42.5. The van der Waals surface area contributed by atoms with Crippen molar-refractivity contribution in [2.45, 2.75) is 140 Å². The van der Waals surface area contributed by atoms with Crippen molar-refractivity contribution in [3.05, 3.63) is 53.1 Å². The van der Waals surface area contributed by atoms with Crippen molar-refractivity contribution < 1.29 is 60.9 Å². The molecule has 2 fully saturated rings. The summed E-state index contributed by atoms with van der Waals surface area (Å²) in [5.74, 6) is -1.02. The van der Waals surface area contributed by atoms with E-state index in [-0.39, 0.29) is 11.9 Å². The highest BCUT2D eigenvalue weighted by Crippen LogP contribution is 2.50. The Bertz CT molecular complexity index is 1830. The topological polar surface area (TPSA) is 200 Å². The fourth-order valence-electron chi connectivity index (χ4n) is 5.10. The number of ether oxygens (including phenoxy) is 5. The molecule has 0 spiro atoms. The van der Waals surface area contributed by atoms with Gasteiger partial charge in [0, 0.05) is 6.20 Å². The summed E-state index contributed by atoms with van der Waals surface area (Å²) in [5.41, 5.74) is -4.20. The van der Waals surface area contributed by atoms with Gasteiger partial charge in [-0.25, -0.2) is 28.1 Å². The van der Waals surface area contributed by atoms with E-state index >= 15 is 4.39 Å². The Hall–Kier alpha value is -4.19. The number of hydrogen-bond acceptors (Lipinski definition) is 15. The van der Waals surface area contributed by atoms with Crippen LogP contribution in [-0.4, -0.2) is 86.9 Å². The molecule has 0 radical (unpaired) electrons. The Morgan fingerprint density at radius 2 is 1.51 bits per heavy atom. The number of carbonyl (C=O) groups is 4. The molecule has 57 heavy (non-hydrogen) atoms. The molecule has 2 aliphatic rings. The van der Waals surface area contributed by atoms with Crippen LogP contribution in [0.2, 0.25) is 0 Å². The zero-order valence-corrected chi connectivity index (χ0v) is 35.4. The lowest BCUT2D eigenvalue weighted by Gasteiger charge is -2.28. The number of anilines is 1. The largest absolute Gasteiger partial charge is 0.509 e. The maximum absolute atomic E-state index is 16.6. The van der Waals surface area contributed by atoms with Crippen LogP contribution in [0.3, 0.4) is 0 Å². The molecule has 316 valence electrons. The smallest absolute Gasteiger partial charge is 0.461 e. The number of amides is 2. The Morgan fingerprint density at radius 3 is 2.02 bits per heavy atom. The maximum atomic E-state index is 16.6. The fourth-order valence-corrected chi connectivity index (χ4v) is 8.18. The van der Waals surface area contributed by atoms with Crippen molar-refractivity contribution in [1.82, 2.24) is 14.6 Å². The first kappa shape index (κ1) is 45.5. The standard InChI is InChI=1S/C37H52FN4O13PS/c1-22(30(43)50-23-17-14-18-23)40-56(48,55-24-15-12-11-13-16-24)49-21-25-28(51-34(47)54-37(8,9)10)27(38)29(57-25)41-20-19-26(39-31(41)44)42(32(45)52-35(2,3)4)33(46)53-36(5,6)7/h11-13,15-16,19-20,22-23,25,27-29H,14,17-18,21H2,1-10H3,(H,40,48)/t22-,25+,27-,28+,29+,56?/m0/s1. The number of imide groups is 1. The molecule has 1 aliphatic carbocycles. The lowest BCUT2D eigenvalue weighted by Crippen LogP contribution is -2.45. The Morgan fingerprint density at radius 1 is 0.930 bits per heavy atom. The van der Waals surface area contributed by atoms with Crippen LogP contribution in [0.5, 0.6) is 5.75 Å². The lowest BCUT2D eigenvalue weighted by molar-refractivity contribution is -0.154. The molecule has 1 aromatic heterocycles. The van der Waals surface area contributed by atoms with E-state index in [0.29, 0.717) is 17.7 Å². The van der Waals surface area contributed by atoms with Gasteiger partial charge in [-0.3, -0.25) is 13.9 Å². The molecule has 1 unspecified atom stereocenters. The Labute approximate surface area is 335 Å². The van der Waals surface area contributed by atoms with Crippen LogP contribution in [0.15, 0.2) is 47.4 Å². The average Bonchev–Trinajstić information content (AvgIpc) is 3.33. The van der Waals surface area contributed by atoms with Gasteiger partial charge in [0.1, 0.15) is 40.1 Å². The number of para-hydroxylation sites is 1. The van der Waals surface area contributed by atoms with E-state index in [0.717, 1.165) is 35.0 Å². The van der Waals surface area contributed by atoms with Crippen molar-refractivity contribution in [1.29, 1.82) is 0 Å². The van der Waals surface area contributed by atoms with Gasteiger partial charge in [0.25, 0.3) is 0 Å². The molecule has 4 rings (SSSR count). The third-order valence-electron chi connectivity index (χ3n) is 7.78. The number of thioether (sulfide) groups is 1. The van der Waals surface area contributed by atoms with Gasteiger partial charge in [-0.15, -0.1) is 11.8 Å². The van der Waals surface area contributed by atoms with E-state index in [1.807, 2.05) is 0 Å². The molecule has 1 N–H and O–H groups in total. The van der Waals surface area contributed by atoms with Gasteiger partial charge in [0.15, 0.2) is 18.1 Å². The number of nitrogens with one attached hydrogen (secondary N) is 1. The van der Waals surface area contributed by atoms with Crippen molar-refractivity contribution in [3.63, 3.8) is 0 Å². The predicted octanol–water partition coefficient (Wildman–Crippen LogP) is 7.47. The highest BCUT2D eigenvalue weighted by Gasteiger charge is 2.50. The van der Waals surface area contributed by atoms with Crippen LogP contribution < -0.4 is 20.2 Å². The summed E-state index contributed by atoms with van der Waals surface area (Å²) < 4.78 is 70.2. The molecular weight excluding hydrogens is 790 g/mol. The molecule has 2 heterocycles. The molecule has 0 bridgehead atoms. The summed E-state index contributed by atoms with van der Waals surface area (Å²) in [6.07, 6.45) is -4.14. The third-order valence-corrected chi connectivity index (χ3v) is 10.9. The van der Waals surface area contributed by atoms with E-state index in [2.05, 4.69) is 10.1 Å². The minimum atomic E-state index is -4.45. The van der Waals surface area contributed by atoms with Crippen LogP contribution in [0, 0.1) is 0 Å². The Balaban J connectivity index is 1.64. The predicted molar refractivity (Wildman–Crippen MR) is 207 cm³/mol. The number of alkyl halides is 1. The minimum absolute atomic E-state index is 0.124. The van der Waals surface area contributed by atoms with E-state index < -0.39 is 95.9 Å². The second kappa shape index (κ2) is 18.2. The first-order valence-electron chi connectivity index (χ1n) is 18.3. The fraction of sp³-hybridized carbons (Fsp3) is 0.622. The van der Waals surface area contributed by atoms with E-state index in [1.54, 1.807) is 80.5 Å². The van der Waals surface area contributed by atoms with Crippen molar-refractivity contribution in [2.24, 2.45) is 0 Å². The van der Waals surface area contributed by atoms with Crippen molar-refractivity contribution >= 4 is 49.6 Å². The quantitative estimate of drug-likeness (QED) is 0.125. The first-order chi connectivity index (χ1) is 26.3. The molecule has 2 aromatic rings. The minimum Gasteiger partial charge on any atom is -0.461 e. The van der Waals surface area contributed by atoms with Crippen molar-refractivity contribution in [3.8, 4) is 5.75 Å². The number of rotatable bonds is 12. The second-order valence-electron chi connectivity index (χ2n) is 16.4. The number of halogens is 1. The number of carbonyl (C=O) groups excluding carboxylic acids is 4. The summed E-state index contributed by atoms with van der Waals surface area (Å²) in [5, 5.41) is -0.00374. The van der Waals surface area contributed by atoms with Gasteiger partial charge in [-0.2, -0.15) is 15.0 Å². The molecule has 1 saturated carbocycles. The molecule has 1 saturated heterocycles. The van der Waals surface area contributed by atoms with Gasteiger partial charge in [-0.05, 0) is 107 Å². The van der Waals surface area contributed by atoms with Gasteiger partial charge in [0.2, 0.25) is 0 Å². The highest BCUT2D eigenvalue weighted by atomic mass is 32.2. The summed E-state index contributed by atoms with van der Waals surface area (Å²) in [6.45, 7) is 15.0. The number of nitrogens with zero attached hydrogens (tertiary/aromatic N) is 3. The number of benzene rings is 1. The maximum Gasteiger partial charge on any atom is 0.509 e. The number of esters is 1. The normalized spacial score (nSPS) is 21.6. The van der Waals surface area contributed by atoms with Gasteiger partial charge in [0.05, 0.1) is 11.9 Å². The van der Waals surface area contributed by atoms with Crippen LogP contribution in [0.1, 0.15) is 93.9 Å². The first-order valence-corrected chi connectivity index (χ1v) is 20.8. The van der Waals surface area contributed by atoms with E-state index in [9.17, 15) is 28.5 Å². The summed E-state index contributed by atoms with van der Waals surface area (Å²) >= 11 is 0.785. The summed E-state index contributed by atoms with van der Waals surface area (Å²) in [4.78, 5) is 69.9. The number of hydrogen-bond donors (Lipinski definition) is 1. The molecule has 17 nitrogen and oxygen atoms in total. The van der Waals surface area contributed by atoms with Crippen LogP contribution in [0.4, 0.5) is 24.6 Å². The third kappa shape index (κ3) is 13.4. The van der Waals surface area contributed by atoms with Gasteiger partial charge >= 0.3 is 37.7 Å². The van der Waals surface area contributed by atoms with Crippen LogP contribution in [-0.2, 0) is 37.6 Å². The van der Waals surface area contributed by atoms with Gasteiger partial charge < -0.3 is 28.2 Å². The molecular formula is C37H52FN4O13PS. The molecule has 6 atom stereocenters. The summed E-state index contributed by atoms with van der Waals surface area (Å²) in [6, 6.07) is 7.94. The second-order valence-corrected chi connectivity index (χ2v) is 19.4. The highest BCUT2D eigenvalue weighted by molar-refractivity contribution is 8.00. The Kier molecular flexibility index (Phi) is 14.5. The average molecular weight is 843 g/mol. The SMILES string of the molecule is C[C@H](NP(=O)(OC[C@H]1S[C@@H](n2ccc(N(C(=O)OC(C)(C)C)C(=O)OC(C)(C)C)nc2=O)[C@@H](F)[C@@H]1OC(=O)OC(C)(C)C)Oc1ccccc1)C(=O)OC1CCC1. The molecule has 2 amide bonds. The van der Waals surface area contributed by atoms with E-state index in [4.69, 9.17) is 32.7 Å². The lowest BCUT2D eigenvalue weighted by atomic mass is 9.96. The van der Waals surface area contributed by atoms with Crippen LogP contribution in [0.25, 0.3) is 0 Å². The zero-order valence-electron chi connectivity index (χ0n) is 33.7. The summed E-state index contributed by atoms with van der Waals surface area (Å²) in [7, 11) is -4.45. The van der Waals surface area contributed by atoms with E-state index in [1.165, 1.54) is 19.1 Å². The molecule has 1 aliphatic heterocycles.